The SMILES string of the molecule is C[C@H](NS(=O)(=O)c1nc(-c2ccccc2)ns1)C(=O)OCc1ccccc1. The highest BCUT2D eigenvalue weighted by molar-refractivity contribution is 7.91. The van der Waals surface area contributed by atoms with Gasteiger partial charge in [-0.05, 0) is 24.0 Å². The molecule has 1 aromatic heterocycles. The first-order valence-corrected chi connectivity index (χ1v) is 10.3. The number of esters is 1. The maximum Gasteiger partial charge on any atom is 0.324 e. The zero-order valence-electron chi connectivity index (χ0n) is 14.4. The Hall–Kier alpha value is -2.62. The molecule has 0 bridgehead atoms. The summed E-state index contributed by atoms with van der Waals surface area (Å²) in [5, 5.41) is 0. The first-order valence-electron chi connectivity index (χ1n) is 8.08. The fourth-order valence-electron chi connectivity index (χ4n) is 2.21. The van der Waals surface area contributed by atoms with Gasteiger partial charge in [-0.25, -0.2) is 13.4 Å². The van der Waals surface area contributed by atoms with Crippen molar-refractivity contribution in [3.8, 4) is 11.4 Å². The molecule has 0 radical (unpaired) electrons. The van der Waals surface area contributed by atoms with Gasteiger partial charge in [-0.15, -0.1) is 0 Å². The summed E-state index contributed by atoms with van der Waals surface area (Å²) < 4.78 is 36.2. The highest BCUT2D eigenvalue weighted by atomic mass is 32.2. The topological polar surface area (TPSA) is 98.3 Å². The van der Waals surface area contributed by atoms with Gasteiger partial charge in [-0.3, -0.25) is 4.79 Å². The Morgan fingerprint density at radius 1 is 1.11 bits per heavy atom. The molecule has 1 atom stereocenters. The summed E-state index contributed by atoms with van der Waals surface area (Å²) in [5.41, 5.74) is 1.53. The van der Waals surface area contributed by atoms with E-state index in [1.807, 2.05) is 48.5 Å². The molecule has 7 nitrogen and oxygen atoms in total. The predicted molar refractivity (Wildman–Crippen MR) is 101 cm³/mol. The van der Waals surface area contributed by atoms with Crippen LogP contribution in [-0.4, -0.2) is 29.8 Å². The van der Waals surface area contributed by atoms with Gasteiger partial charge in [0, 0.05) is 5.56 Å². The van der Waals surface area contributed by atoms with Crippen LogP contribution >= 0.6 is 11.5 Å². The summed E-state index contributed by atoms with van der Waals surface area (Å²) in [6.07, 6.45) is 0. The van der Waals surface area contributed by atoms with Crippen LogP contribution in [0.4, 0.5) is 0 Å². The normalized spacial score (nSPS) is 12.5. The number of benzene rings is 2. The van der Waals surface area contributed by atoms with Gasteiger partial charge in [0.25, 0.3) is 10.0 Å². The molecule has 0 saturated heterocycles. The number of ether oxygens (including phenoxy) is 1. The van der Waals surface area contributed by atoms with Gasteiger partial charge in [0.05, 0.1) is 0 Å². The smallest absolute Gasteiger partial charge is 0.324 e. The summed E-state index contributed by atoms with van der Waals surface area (Å²) in [4.78, 5) is 16.1. The van der Waals surface area contributed by atoms with E-state index in [0.29, 0.717) is 11.4 Å². The lowest BCUT2D eigenvalue weighted by Crippen LogP contribution is -2.39. The van der Waals surface area contributed by atoms with Crippen molar-refractivity contribution < 1.29 is 17.9 Å². The lowest BCUT2D eigenvalue weighted by atomic mass is 10.2. The fraction of sp³-hybridized carbons (Fsp3) is 0.167. The lowest BCUT2D eigenvalue weighted by Gasteiger charge is -2.12. The van der Waals surface area contributed by atoms with Gasteiger partial charge >= 0.3 is 5.97 Å². The molecule has 0 aliphatic carbocycles. The standard InChI is InChI=1S/C18H17N3O4S2/c1-13(17(22)25-12-14-8-4-2-5-9-14)21-27(23,24)18-19-16(20-26-18)15-10-6-3-7-11-15/h2-11,13,21H,12H2,1H3/t13-/m0/s1. The summed E-state index contributed by atoms with van der Waals surface area (Å²) in [6.45, 7) is 1.49. The van der Waals surface area contributed by atoms with Crippen molar-refractivity contribution in [2.45, 2.75) is 23.9 Å². The van der Waals surface area contributed by atoms with E-state index >= 15 is 0 Å². The summed E-state index contributed by atoms with van der Waals surface area (Å²) in [7, 11) is -3.98. The maximum atomic E-state index is 12.5. The molecule has 1 heterocycles. The predicted octanol–water partition coefficient (Wildman–Crippen LogP) is 2.62. The average Bonchev–Trinajstić information content (AvgIpc) is 3.18. The zero-order valence-corrected chi connectivity index (χ0v) is 16.0. The van der Waals surface area contributed by atoms with Crippen LogP contribution in [0, 0.1) is 0 Å². The molecule has 0 amide bonds. The largest absolute Gasteiger partial charge is 0.460 e. The second-order valence-corrected chi connectivity index (χ2v) is 8.33. The summed E-state index contributed by atoms with van der Waals surface area (Å²) in [6, 6.07) is 17.1. The van der Waals surface area contributed by atoms with E-state index in [1.54, 1.807) is 12.1 Å². The van der Waals surface area contributed by atoms with Crippen molar-refractivity contribution in [3.63, 3.8) is 0 Å². The van der Waals surface area contributed by atoms with E-state index in [4.69, 9.17) is 4.74 Å². The van der Waals surface area contributed by atoms with Crippen molar-refractivity contribution in [2.24, 2.45) is 0 Å². The number of sulfonamides is 1. The van der Waals surface area contributed by atoms with E-state index in [2.05, 4.69) is 14.1 Å². The molecule has 0 unspecified atom stereocenters. The van der Waals surface area contributed by atoms with Crippen LogP contribution in [-0.2, 0) is 26.2 Å². The number of rotatable bonds is 7. The Balaban J connectivity index is 1.63. The molecule has 0 spiro atoms. The van der Waals surface area contributed by atoms with E-state index in [0.717, 1.165) is 17.1 Å². The minimum atomic E-state index is -3.98. The monoisotopic (exact) mass is 403 g/mol. The third kappa shape index (κ3) is 4.97. The van der Waals surface area contributed by atoms with Crippen molar-refractivity contribution in [1.82, 2.24) is 14.1 Å². The Morgan fingerprint density at radius 3 is 2.41 bits per heavy atom. The third-order valence-electron chi connectivity index (χ3n) is 3.58. The van der Waals surface area contributed by atoms with Gasteiger partial charge in [0.15, 0.2) is 5.82 Å². The molecule has 27 heavy (non-hydrogen) atoms. The number of nitrogens with one attached hydrogen (secondary N) is 1. The van der Waals surface area contributed by atoms with Crippen LogP contribution in [0.1, 0.15) is 12.5 Å². The molecule has 0 aliphatic rings. The third-order valence-corrected chi connectivity index (χ3v) is 6.19. The molecule has 9 heteroatoms. The van der Waals surface area contributed by atoms with Gasteiger partial charge in [0.2, 0.25) is 4.34 Å². The number of nitrogens with zero attached hydrogens (tertiary/aromatic N) is 2. The Labute approximate surface area is 161 Å². The highest BCUT2D eigenvalue weighted by Gasteiger charge is 2.26. The Kier molecular flexibility index (Phi) is 5.94. The molecule has 2 aromatic carbocycles. The molecular weight excluding hydrogens is 386 g/mol. The molecule has 0 fully saturated rings. The Bertz CT molecular complexity index is 1010. The van der Waals surface area contributed by atoms with Crippen LogP contribution in [0.2, 0.25) is 0 Å². The minimum absolute atomic E-state index is 0.0721. The highest BCUT2D eigenvalue weighted by Crippen LogP contribution is 2.20. The summed E-state index contributed by atoms with van der Waals surface area (Å²) in [5.74, 6) is -0.351. The fourth-order valence-corrected chi connectivity index (χ4v) is 4.16. The summed E-state index contributed by atoms with van der Waals surface area (Å²) >= 11 is 0.752. The number of carbonyl (C=O) groups excluding carboxylic acids is 1. The van der Waals surface area contributed by atoms with E-state index in [9.17, 15) is 13.2 Å². The van der Waals surface area contributed by atoms with Crippen LogP contribution in [0.15, 0.2) is 65.0 Å². The van der Waals surface area contributed by atoms with Gasteiger partial charge in [-0.2, -0.15) is 9.10 Å². The zero-order chi connectivity index (χ0) is 19.3. The van der Waals surface area contributed by atoms with E-state index < -0.39 is 22.0 Å². The molecular formula is C18H17N3O4S2. The molecule has 3 aromatic rings. The van der Waals surface area contributed by atoms with E-state index in [-0.39, 0.29) is 10.9 Å². The molecule has 0 aliphatic heterocycles. The van der Waals surface area contributed by atoms with Crippen LogP contribution in [0.25, 0.3) is 11.4 Å². The maximum absolute atomic E-state index is 12.5. The van der Waals surface area contributed by atoms with Crippen molar-refractivity contribution in [1.29, 1.82) is 0 Å². The van der Waals surface area contributed by atoms with Crippen molar-refractivity contribution in [3.05, 3.63) is 66.2 Å². The molecule has 0 saturated carbocycles. The van der Waals surface area contributed by atoms with Crippen molar-refractivity contribution in [2.75, 3.05) is 0 Å². The average molecular weight is 403 g/mol. The lowest BCUT2D eigenvalue weighted by molar-refractivity contribution is -0.146. The minimum Gasteiger partial charge on any atom is -0.460 e. The first kappa shape index (κ1) is 19.2. The van der Waals surface area contributed by atoms with Gasteiger partial charge in [-0.1, -0.05) is 60.7 Å². The Morgan fingerprint density at radius 2 is 1.74 bits per heavy atom. The quantitative estimate of drug-likeness (QED) is 0.609. The van der Waals surface area contributed by atoms with Crippen LogP contribution in [0.3, 0.4) is 0 Å². The molecule has 3 rings (SSSR count). The van der Waals surface area contributed by atoms with Crippen LogP contribution < -0.4 is 4.72 Å². The second kappa shape index (κ2) is 8.38. The number of hydrogen-bond donors (Lipinski definition) is 1. The van der Waals surface area contributed by atoms with Gasteiger partial charge in [0.1, 0.15) is 12.6 Å². The number of aromatic nitrogens is 2. The molecule has 140 valence electrons. The van der Waals surface area contributed by atoms with Crippen molar-refractivity contribution >= 4 is 27.5 Å². The first-order chi connectivity index (χ1) is 13.0. The van der Waals surface area contributed by atoms with Gasteiger partial charge < -0.3 is 4.74 Å². The van der Waals surface area contributed by atoms with E-state index in [1.165, 1.54) is 6.92 Å². The second-order valence-electron chi connectivity index (χ2n) is 5.69. The number of carbonyl (C=O) groups is 1. The van der Waals surface area contributed by atoms with Crippen LogP contribution in [0.5, 0.6) is 0 Å². The number of hydrogen-bond acceptors (Lipinski definition) is 7. The molecule has 1 N–H and O–H groups in total.